The van der Waals surface area contributed by atoms with Gasteiger partial charge in [0.1, 0.15) is 0 Å². The molecule has 0 saturated carbocycles. The van der Waals surface area contributed by atoms with Crippen LogP contribution in [0.4, 0.5) is 4.79 Å². The highest BCUT2D eigenvalue weighted by Crippen LogP contribution is 2.06. The van der Waals surface area contributed by atoms with E-state index in [9.17, 15) is 4.79 Å². The van der Waals surface area contributed by atoms with Gasteiger partial charge in [0.15, 0.2) is 0 Å². The number of carbonyl (C=O) groups is 1. The second-order valence-electron chi connectivity index (χ2n) is 1.70. The molecule has 2 N–H and O–H groups in total. The van der Waals surface area contributed by atoms with E-state index in [4.69, 9.17) is 5.11 Å². The molecule has 1 rings (SSSR count). The molecular weight excluding hydrogens is 180 g/mol. The zero-order valence-corrected chi connectivity index (χ0v) is 6.78. The predicted molar refractivity (Wildman–Crippen MR) is 41.7 cm³/mol. The average Bonchev–Trinajstić information content (AvgIpc) is 2.05. The molecule has 0 aliphatic heterocycles. The largest absolute Gasteiger partial charge is 0.465 e. The highest BCUT2D eigenvalue weighted by atomic mass is 32.2. The molecule has 0 bridgehead atoms. The van der Waals surface area contributed by atoms with Crippen LogP contribution in [0.25, 0.3) is 0 Å². The molecule has 1 amide bonds. The highest BCUT2D eigenvalue weighted by molar-refractivity contribution is 7.99. The van der Waals surface area contributed by atoms with Gasteiger partial charge in [0.25, 0.3) is 0 Å². The summed E-state index contributed by atoms with van der Waals surface area (Å²) >= 11 is 1.17. The standard InChI is InChI=1S/C5H6N4O2S/c10-5(11)7-3-12-4-6-1-2-8-9-4/h1-2,7H,3H2,(H,10,11). The van der Waals surface area contributed by atoms with E-state index in [2.05, 4.69) is 20.5 Å². The molecule has 0 unspecified atom stereocenters. The van der Waals surface area contributed by atoms with Gasteiger partial charge >= 0.3 is 6.09 Å². The Hall–Kier alpha value is -1.37. The van der Waals surface area contributed by atoms with Crippen molar-refractivity contribution in [3.8, 4) is 0 Å². The van der Waals surface area contributed by atoms with E-state index >= 15 is 0 Å². The summed E-state index contributed by atoms with van der Waals surface area (Å²) in [5.74, 6) is 0.223. The third-order valence-corrected chi connectivity index (χ3v) is 1.62. The van der Waals surface area contributed by atoms with Gasteiger partial charge in [-0.25, -0.2) is 9.78 Å². The van der Waals surface area contributed by atoms with Crippen LogP contribution in [0, 0.1) is 0 Å². The van der Waals surface area contributed by atoms with Crippen molar-refractivity contribution in [3.05, 3.63) is 12.4 Å². The lowest BCUT2D eigenvalue weighted by Crippen LogP contribution is -2.19. The maximum atomic E-state index is 10.0. The summed E-state index contributed by atoms with van der Waals surface area (Å²) in [5.41, 5.74) is 0. The van der Waals surface area contributed by atoms with Crippen LogP contribution in [0.1, 0.15) is 0 Å². The fourth-order valence-corrected chi connectivity index (χ4v) is 1.03. The van der Waals surface area contributed by atoms with E-state index in [1.54, 1.807) is 0 Å². The summed E-state index contributed by atoms with van der Waals surface area (Å²) in [4.78, 5) is 13.8. The van der Waals surface area contributed by atoms with Gasteiger partial charge < -0.3 is 10.4 Å². The second kappa shape index (κ2) is 4.50. The Balaban J connectivity index is 2.29. The topological polar surface area (TPSA) is 88.0 Å². The number of carboxylic acid groups (broad SMARTS) is 1. The van der Waals surface area contributed by atoms with E-state index < -0.39 is 6.09 Å². The SMILES string of the molecule is O=C(O)NCSc1nccnn1. The van der Waals surface area contributed by atoms with E-state index in [1.165, 1.54) is 24.2 Å². The number of hydrogen-bond donors (Lipinski definition) is 2. The Morgan fingerprint density at radius 3 is 3.08 bits per heavy atom. The molecule has 6 nitrogen and oxygen atoms in total. The minimum atomic E-state index is -1.06. The van der Waals surface area contributed by atoms with Gasteiger partial charge in [0, 0.05) is 0 Å². The Morgan fingerprint density at radius 2 is 2.50 bits per heavy atom. The first-order chi connectivity index (χ1) is 5.79. The molecule has 0 spiro atoms. The van der Waals surface area contributed by atoms with Crippen LogP contribution in [-0.4, -0.2) is 32.3 Å². The van der Waals surface area contributed by atoms with Crippen molar-refractivity contribution in [3.63, 3.8) is 0 Å². The fourth-order valence-electron chi connectivity index (χ4n) is 0.464. The first-order valence-corrected chi connectivity index (χ1v) is 4.01. The molecule has 0 aliphatic carbocycles. The van der Waals surface area contributed by atoms with Crippen molar-refractivity contribution in [2.75, 3.05) is 5.88 Å². The Bertz CT molecular complexity index is 255. The zero-order valence-electron chi connectivity index (χ0n) is 5.97. The van der Waals surface area contributed by atoms with Crippen molar-refractivity contribution in [2.45, 2.75) is 5.16 Å². The minimum Gasteiger partial charge on any atom is -0.465 e. The molecular formula is C5H6N4O2S. The molecule has 0 saturated heterocycles. The Labute approximate surface area is 72.4 Å². The van der Waals surface area contributed by atoms with E-state index in [0.29, 0.717) is 5.16 Å². The van der Waals surface area contributed by atoms with Gasteiger partial charge in [0.2, 0.25) is 5.16 Å². The van der Waals surface area contributed by atoms with Crippen LogP contribution < -0.4 is 5.32 Å². The van der Waals surface area contributed by atoms with E-state index in [1.807, 2.05) is 0 Å². The van der Waals surface area contributed by atoms with Gasteiger partial charge in [-0.2, -0.15) is 5.10 Å². The number of hydrogen-bond acceptors (Lipinski definition) is 5. The Morgan fingerprint density at radius 1 is 1.67 bits per heavy atom. The predicted octanol–water partition coefficient (Wildman–Crippen LogP) is 0.189. The quantitative estimate of drug-likeness (QED) is 0.517. The van der Waals surface area contributed by atoms with Crippen molar-refractivity contribution < 1.29 is 9.90 Å². The van der Waals surface area contributed by atoms with Crippen molar-refractivity contribution in [2.24, 2.45) is 0 Å². The van der Waals surface area contributed by atoms with Crippen LogP contribution in [0.3, 0.4) is 0 Å². The fraction of sp³-hybridized carbons (Fsp3) is 0.200. The maximum absolute atomic E-state index is 10.0. The van der Waals surface area contributed by atoms with Gasteiger partial charge in [0.05, 0.1) is 18.3 Å². The number of rotatable bonds is 3. The van der Waals surface area contributed by atoms with Gasteiger partial charge in [-0.05, 0) is 0 Å². The van der Waals surface area contributed by atoms with Crippen molar-refractivity contribution in [1.82, 2.24) is 20.5 Å². The van der Waals surface area contributed by atoms with Crippen LogP contribution in [-0.2, 0) is 0 Å². The van der Waals surface area contributed by atoms with Gasteiger partial charge in [-0.15, -0.1) is 5.10 Å². The van der Waals surface area contributed by atoms with E-state index in [-0.39, 0.29) is 5.88 Å². The third kappa shape index (κ3) is 3.15. The van der Waals surface area contributed by atoms with Crippen LogP contribution in [0.2, 0.25) is 0 Å². The highest BCUT2D eigenvalue weighted by Gasteiger charge is 1.97. The first kappa shape index (κ1) is 8.72. The number of nitrogens with zero attached hydrogens (tertiary/aromatic N) is 3. The van der Waals surface area contributed by atoms with E-state index in [0.717, 1.165) is 0 Å². The summed E-state index contributed by atoms with van der Waals surface area (Å²) in [6.45, 7) is 0. The first-order valence-electron chi connectivity index (χ1n) is 3.02. The lowest BCUT2D eigenvalue weighted by Gasteiger charge is -1.97. The zero-order chi connectivity index (χ0) is 8.81. The molecule has 0 aliphatic rings. The number of thioether (sulfide) groups is 1. The third-order valence-electron chi connectivity index (χ3n) is 0.886. The maximum Gasteiger partial charge on any atom is 0.405 e. The van der Waals surface area contributed by atoms with Crippen LogP contribution in [0.15, 0.2) is 17.6 Å². The normalized spacial score (nSPS) is 9.33. The van der Waals surface area contributed by atoms with Crippen molar-refractivity contribution in [1.29, 1.82) is 0 Å². The minimum absolute atomic E-state index is 0.223. The second-order valence-corrected chi connectivity index (χ2v) is 2.64. The molecule has 1 heterocycles. The monoisotopic (exact) mass is 186 g/mol. The molecule has 7 heteroatoms. The molecule has 0 aromatic carbocycles. The summed E-state index contributed by atoms with van der Waals surface area (Å²) in [7, 11) is 0. The molecule has 0 fully saturated rings. The molecule has 1 aromatic rings. The molecule has 0 atom stereocenters. The van der Waals surface area contributed by atoms with Crippen LogP contribution >= 0.6 is 11.8 Å². The molecule has 1 aromatic heterocycles. The van der Waals surface area contributed by atoms with Gasteiger partial charge in [-0.1, -0.05) is 11.8 Å². The number of aromatic nitrogens is 3. The summed E-state index contributed by atoms with van der Waals surface area (Å²) in [6, 6.07) is 0. The number of amides is 1. The number of nitrogens with one attached hydrogen (secondary N) is 1. The smallest absolute Gasteiger partial charge is 0.405 e. The van der Waals surface area contributed by atoms with Crippen LogP contribution in [0.5, 0.6) is 0 Å². The lowest BCUT2D eigenvalue weighted by molar-refractivity contribution is 0.196. The summed E-state index contributed by atoms with van der Waals surface area (Å²) in [5, 5.41) is 18.0. The van der Waals surface area contributed by atoms with Crippen molar-refractivity contribution >= 4 is 17.9 Å². The molecule has 12 heavy (non-hydrogen) atoms. The average molecular weight is 186 g/mol. The van der Waals surface area contributed by atoms with Gasteiger partial charge in [-0.3, -0.25) is 0 Å². The summed E-state index contributed by atoms with van der Waals surface area (Å²) < 4.78 is 0. The molecule has 64 valence electrons. The summed E-state index contributed by atoms with van der Waals surface area (Å²) in [6.07, 6.45) is 1.89. The lowest BCUT2D eigenvalue weighted by atomic mass is 10.9. The molecule has 0 radical (unpaired) electrons. The Kier molecular flexibility index (Phi) is 3.27.